The van der Waals surface area contributed by atoms with Crippen LogP contribution in [0, 0.1) is 6.92 Å². The topological polar surface area (TPSA) is 66.7 Å². The van der Waals surface area contributed by atoms with Crippen LogP contribution in [-0.4, -0.2) is 37.6 Å². The lowest BCUT2D eigenvalue weighted by Gasteiger charge is -2.14. The number of nitrogens with one attached hydrogen (secondary N) is 1. The van der Waals surface area contributed by atoms with Crippen molar-refractivity contribution in [2.24, 2.45) is 0 Å². The zero-order valence-corrected chi connectivity index (χ0v) is 22.2. The van der Waals surface area contributed by atoms with E-state index in [1.807, 2.05) is 19.1 Å². The summed E-state index contributed by atoms with van der Waals surface area (Å²) in [6.45, 7) is 7.65. The van der Waals surface area contributed by atoms with Crippen molar-refractivity contribution >= 4 is 51.7 Å². The molecular weight excluding hydrogens is 464 g/mol. The number of nitrogens with zero attached hydrogens (tertiary/aromatic N) is 3. The van der Waals surface area contributed by atoms with Gasteiger partial charge in [-0.15, -0.1) is 0 Å². The van der Waals surface area contributed by atoms with Gasteiger partial charge in [0.15, 0.2) is 0 Å². The standard InChI is InChI=1S/C26H36N4O2S2/c1-4-6-8-9-10-12-16-30-25(32)21(34-26(30)33)18-20-22(27-15-11-7-5-2)28-23-19(3)14-13-17-29(23)24(20)31/h13-14,17-18,27H,4-12,15-16H2,1-3H3/b21-18+. The summed E-state index contributed by atoms with van der Waals surface area (Å²) >= 11 is 6.77. The predicted molar refractivity (Wildman–Crippen MR) is 147 cm³/mol. The highest BCUT2D eigenvalue weighted by Gasteiger charge is 2.32. The summed E-state index contributed by atoms with van der Waals surface area (Å²) < 4.78 is 2.11. The Labute approximate surface area is 212 Å². The van der Waals surface area contributed by atoms with Crippen LogP contribution >= 0.6 is 24.0 Å². The fraction of sp³-hybridized carbons (Fsp3) is 0.538. The number of thiocarbonyl (C=S) groups is 1. The smallest absolute Gasteiger partial charge is 0.267 e. The van der Waals surface area contributed by atoms with Gasteiger partial charge in [0.25, 0.3) is 11.5 Å². The first kappa shape index (κ1) is 26.4. The maximum atomic E-state index is 13.4. The van der Waals surface area contributed by atoms with E-state index in [4.69, 9.17) is 17.2 Å². The summed E-state index contributed by atoms with van der Waals surface area (Å²) in [6.07, 6.45) is 13.5. The molecule has 1 saturated heterocycles. The predicted octanol–water partition coefficient (Wildman–Crippen LogP) is 6.17. The van der Waals surface area contributed by atoms with Gasteiger partial charge in [-0.1, -0.05) is 88.8 Å². The van der Waals surface area contributed by atoms with E-state index in [1.54, 1.807) is 21.6 Å². The zero-order chi connectivity index (χ0) is 24.5. The molecule has 1 N–H and O–H groups in total. The molecule has 3 heterocycles. The van der Waals surface area contributed by atoms with Gasteiger partial charge in [-0.2, -0.15) is 0 Å². The number of aryl methyl sites for hydroxylation is 1. The van der Waals surface area contributed by atoms with Crippen molar-refractivity contribution in [1.29, 1.82) is 0 Å². The van der Waals surface area contributed by atoms with Crippen molar-refractivity contribution in [1.82, 2.24) is 14.3 Å². The molecule has 0 radical (unpaired) electrons. The van der Waals surface area contributed by atoms with E-state index >= 15 is 0 Å². The molecule has 1 aliphatic heterocycles. The normalized spacial score (nSPS) is 15.1. The molecule has 1 fully saturated rings. The molecule has 0 saturated carbocycles. The van der Waals surface area contributed by atoms with Crippen molar-refractivity contribution in [2.45, 2.75) is 78.6 Å². The van der Waals surface area contributed by atoms with E-state index in [0.717, 1.165) is 44.2 Å². The molecule has 34 heavy (non-hydrogen) atoms. The Morgan fingerprint density at radius 1 is 1.06 bits per heavy atom. The first-order valence-electron chi connectivity index (χ1n) is 12.5. The molecule has 0 unspecified atom stereocenters. The minimum Gasteiger partial charge on any atom is -0.369 e. The first-order chi connectivity index (χ1) is 16.5. The van der Waals surface area contributed by atoms with Crippen LogP contribution in [-0.2, 0) is 4.79 Å². The average molecular weight is 501 g/mol. The minimum absolute atomic E-state index is 0.116. The maximum Gasteiger partial charge on any atom is 0.267 e. The third kappa shape index (κ3) is 6.48. The fourth-order valence-electron chi connectivity index (χ4n) is 4.03. The van der Waals surface area contributed by atoms with E-state index in [9.17, 15) is 9.59 Å². The van der Waals surface area contributed by atoms with Gasteiger partial charge in [-0.3, -0.25) is 18.9 Å². The molecule has 2 aromatic rings. The lowest BCUT2D eigenvalue weighted by Crippen LogP contribution is -2.29. The summed E-state index contributed by atoms with van der Waals surface area (Å²) in [5.74, 6) is 0.408. The number of aromatic nitrogens is 2. The molecule has 0 bridgehead atoms. The van der Waals surface area contributed by atoms with Gasteiger partial charge in [-0.05, 0) is 37.5 Å². The number of thioether (sulfide) groups is 1. The number of unbranched alkanes of at least 4 members (excludes halogenated alkanes) is 7. The third-order valence-electron chi connectivity index (χ3n) is 6.04. The van der Waals surface area contributed by atoms with Crippen molar-refractivity contribution in [3.05, 3.63) is 44.7 Å². The van der Waals surface area contributed by atoms with E-state index in [2.05, 4.69) is 19.2 Å². The lowest BCUT2D eigenvalue weighted by atomic mass is 10.1. The number of rotatable bonds is 13. The highest BCUT2D eigenvalue weighted by molar-refractivity contribution is 8.26. The van der Waals surface area contributed by atoms with Crippen molar-refractivity contribution in [2.75, 3.05) is 18.4 Å². The van der Waals surface area contributed by atoms with Gasteiger partial charge >= 0.3 is 0 Å². The number of amides is 1. The Bertz CT molecular complexity index is 1110. The second kappa shape index (κ2) is 13.0. The number of hydrogen-bond donors (Lipinski definition) is 1. The van der Waals surface area contributed by atoms with Crippen LogP contribution in [0.5, 0.6) is 0 Å². The number of hydrogen-bond acceptors (Lipinski definition) is 6. The monoisotopic (exact) mass is 500 g/mol. The summed E-state index contributed by atoms with van der Waals surface area (Å²) in [5.41, 5.74) is 1.76. The Morgan fingerprint density at radius 2 is 1.76 bits per heavy atom. The average Bonchev–Trinajstić information content (AvgIpc) is 3.09. The molecule has 0 aromatic carbocycles. The van der Waals surface area contributed by atoms with Crippen LogP contribution in [0.2, 0.25) is 0 Å². The van der Waals surface area contributed by atoms with Gasteiger partial charge in [-0.25, -0.2) is 4.98 Å². The second-order valence-corrected chi connectivity index (χ2v) is 10.5. The van der Waals surface area contributed by atoms with Gasteiger partial charge in [0.05, 0.1) is 10.5 Å². The molecule has 0 spiro atoms. The van der Waals surface area contributed by atoms with Crippen LogP contribution in [0.1, 0.15) is 82.8 Å². The fourth-order valence-corrected chi connectivity index (χ4v) is 5.32. The summed E-state index contributed by atoms with van der Waals surface area (Å²) in [5, 5.41) is 3.34. The maximum absolute atomic E-state index is 13.4. The molecular formula is C26H36N4O2S2. The molecule has 0 aliphatic carbocycles. The number of carbonyl (C=O) groups is 1. The molecule has 1 amide bonds. The van der Waals surface area contributed by atoms with Crippen molar-refractivity contribution in [3.63, 3.8) is 0 Å². The van der Waals surface area contributed by atoms with Crippen molar-refractivity contribution < 1.29 is 4.79 Å². The summed E-state index contributed by atoms with van der Waals surface area (Å²) in [7, 11) is 0. The van der Waals surface area contributed by atoms with Crippen LogP contribution in [0.15, 0.2) is 28.0 Å². The van der Waals surface area contributed by atoms with Crippen LogP contribution in [0.4, 0.5) is 5.82 Å². The molecule has 0 atom stereocenters. The Hall–Kier alpha value is -2.19. The molecule has 184 valence electrons. The second-order valence-electron chi connectivity index (χ2n) is 8.80. The van der Waals surface area contributed by atoms with Gasteiger partial charge in [0.2, 0.25) is 0 Å². The largest absolute Gasteiger partial charge is 0.369 e. The quantitative estimate of drug-likeness (QED) is 0.202. The highest BCUT2D eigenvalue weighted by atomic mass is 32.2. The van der Waals surface area contributed by atoms with Crippen LogP contribution < -0.4 is 10.9 Å². The Balaban J connectivity index is 1.84. The van der Waals surface area contributed by atoms with Gasteiger partial charge < -0.3 is 5.32 Å². The molecule has 6 nitrogen and oxygen atoms in total. The van der Waals surface area contributed by atoms with E-state index in [-0.39, 0.29) is 11.5 Å². The number of fused-ring (bicyclic) bond motifs is 1. The van der Waals surface area contributed by atoms with E-state index < -0.39 is 0 Å². The van der Waals surface area contributed by atoms with E-state index in [0.29, 0.717) is 32.8 Å². The molecule has 2 aromatic heterocycles. The first-order valence-corrected chi connectivity index (χ1v) is 13.7. The SMILES string of the molecule is CCCCCCCCN1C(=O)/C(=C\c2c(NCCCCC)nc3c(C)cccn3c2=O)SC1=S. The Morgan fingerprint density at radius 3 is 2.53 bits per heavy atom. The molecule has 1 aliphatic rings. The molecule has 3 rings (SSSR count). The van der Waals surface area contributed by atoms with E-state index in [1.165, 1.54) is 37.4 Å². The Kier molecular flexibility index (Phi) is 10.1. The lowest BCUT2D eigenvalue weighted by molar-refractivity contribution is -0.122. The summed E-state index contributed by atoms with van der Waals surface area (Å²) in [4.78, 5) is 33.5. The van der Waals surface area contributed by atoms with Crippen LogP contribution in [0.3, 0.4) is 0 Å². The highest BCUT2D eigenvalue weighted by Crippen LogP contribution is 2.33. The number of anilines is 1. The van der Waals surface area contributed by atoms with Crippen molar-refractivity contribution in [3.8, 4) is 0 Å². The van der Waals surface area contributed by atoms with Gasteiger partial charge in [0.1, 0.15) is 15.8 Å². The summed E-state index contributed by atoms with van der Waals surface area (Å²) in [6, 6.07) is 3.78. The number of carbonyl (C=O) groups excluding carboxylic acids is 1. The van der Waals surface area contributed by atoms with Gasteiger partial charge in [0, 0.05) is 19.3 Å². The number of pyridine rings is 1. The minimum atomic E-state index is -0.187. The third-order valence-corrected chi connectivity index (χ3v) is 7.42. The molecule has 8 heteroatoms. The van der Waals surface area contributed by atoms with Crippen LogP contribution in [0.25, 0.3) is 11.7 Å². The zero-order valence-electron chi connectivity index (χ0n) is 20.6.